The Labute approximate surface area is 337 Å². The number of aryl methyl sites for hydroxylation is 1. The van der Waals surface area contributed by atoms with E-state index in [1.54, 1.807) is 26.0 Å². The van der Waals surface area contributed by atoms with Gasteiger partial charge in [0.2, 0.25) is 0 Å². The van der Waals surface area contributed by atoms with E-state index in [0.717, 1.165) is 23.7 Å². The molecule has 4 saturated heterocycles. The van der Waals surface area contributed by atoms with Crippen LogP contribution in [0.15, 0.2) is 36.5 Å². The third-order valence-electron chi connectivity index (χ3n) is 13.6. The van der Waals surface area contributed by atoms with Crippen molar-refractivity contribution in [2.24, 2.45) is 23.7 Å². The highest BCUT2D eigenvalue weighted by Gasteiger charge is 2.62. The van der Waals surface area contributed by atoms with Gasteiger partial charge in [-0.1, -0.05) is 39.0 Å². The quantitative estimate of drug-likeness (QED) is 0.284. The molecule has 57 heavy (non-hydrogen) atoms. The molecule has 0 saturated carbocycles. The summed E-state index contributed by atoms with van der Waals surface area (Å²) in [6, 6.07) is 9.21. The standard InChI is InChI=1S/C43H65N5O9/c1-24-22-42(7,53-11)38(56-40-36(50)33(46(9)10)21-25(2)54-40)27(4)35(49)28(5)39(51)55-29(6)43(8)37-26(3)34(24)45-23-47(48(37)41(52)57-43)20-14-15-30-18-19-44-32-17-13-12-16-31(30)32/h12-13,16-19,24-29,33-34,36-38,40,45,50H,14-15,20-23H2,1-11H3/t24-,25-,26+,27+,28-,29-,33+,34?,36-,37?,38-,40?,42+,43-/m1/s1. The smallest absolute Gasteiger partial charge is 0.425 e. The highest BCUT2D eigenvalue weighted by Crippen LogP contribution is 2.45. The van der Waals surface area contributed by atoms with Crippen LogP contribution in [-0.2, 0) is 39.7 Å². The molecule has 4 fully saturated rings. The number of amides is 1. The molecule has 1 aromatic carbocycles. The van der Waals surface area contributed by atoms with E-state index in [0.29, 0.717) is 26.1 Å². The number of hydrazine groups is 1. The lowest BCUT2D eigenvalue weighted by Crippen LogP contribution is -2.61. The minimum absolute atomic E-state index is 0.0906. The second kappa shape index (κ2) is 17.2. The molecule has 5 heterocycles. The maximum atomic E-state index is 14.3. The van der Waals surface area contributed by atoms with Gasteiger partial charge in [-0.3, -0.25) is 19.9 Å². The summed E-state index contributed by atoms with van der Waals surface area (Å²) in [6.45, 7) is 15.9. The predicted molar refractivity (Wildman–Crippen MR) is 214 cm³/mol. The van der Waals surface area contributed by atoms with Crippen LogP contribution in [0.5, 0.6) is 0 Å². The third-order valence-corrected chi connectivity index (χ3v) is 13.6. The van der Waals surface area contributed by atoms with Crippen molar-refractivity contribution in [3.8, 4) is 0 Å². The topological polar surface area (TPSA) is 152 Å². The van der Waals surface area contributed by atoms with Gasteiger partial charge in [-0.05, 0) is 104 Å². The van der Waals surface area contributed by atoms with Crippen LogP contribution in [0.3, 0.4) is 0 Å². The number of hydrogen-bond donors (Lipinski definition) is 2. The summed E-state index contributed by atoms with van der Waals surface area (Å²) in [5, 5.41) is 20.2. The van der Waals surface area contributed by atoms with Gasteiger partial charge in [-0.25, -0.2) is 14.8 Å². The number of nitrogens with zero attached hydrogens (tertiary/aromatic N) is 4. The Balaban J connectivity index is 1.35. The number of nitrogens with one attached hydrogen (secondary N) is 1. The molecule has 4 aliphatic heterocycles. The first-order chi connectivity index (χ1) is 26.9. The summed E-state index contributed by atoms with van der Waals surface area (Å²) in [4.78, 5) is 48.8. The van der Waals surface area contributed by atoms with Crippen LogP contribution in [0.25, 0.3) is 10.9 Å². The van der Waals surface area contributed by atoms with Crippen molar-refractivity contribution >= 4 is 28.7 Å². The molecule has 0 spiro atoms. The molecule has 0 aliphatic carbocycles. The first-order valence-corrected chi connectivity index (χ1v) is 20.7. The number of aliphatic hydroxyl groups is 1. The van der Waals surface area contributed by atoms with Crippen LogP contribution in [0.1, 0.15) is 80.2 Å². The zero-order valence-electron chi connectivity index (χ0n) is 35.6. The maximum absolute atomic E-state index is 14.3. The molecule has 2 aromatic rings. The van der Waals surface area contributed by atoms with Crippen molar-refractivity contribution in [3.05, 3.63) is 42.1 Å². The lowest BCUT2D eigenvalue weighted by atomic mass is 9.72. The molecular formula is C43H65N5O9. The summed E-state index contributed by atoms with van der Waals surface area (Å²) in [6.07, 6.45) is -0.148. The highest BCUT2D eigenvalue weighted by molar-refractivity contribution is 6.00. The van der Waals surface area contributed by atoms with Gasteiger partial charge in [-0.15, -0.1) is 0 Å². The molecule has 0 radical (unpaired) electrons. The van der Waals surface area contributed by atoms with Crippen LogP contribution < -0.4 is 5.32 Å². The third kappa shape index (κ3) is 8.33. The molecule has 6 rings (SSSR count). The first kappa shape index (κ1) is 43.3. The van der Waals surface area contributed by atoms with Crippen molar-refractivity contribution in [2.45, 2.75) is 141 Å². The highest BCUT2D eigenvalue weighted by atomic mass is 16.7. The van der Waals surface area contributed by atoms with Crippen molar-refractivity contribution in [1.29, 1.82) is 0 Å². The van der Waals surface area contributed by atoms with Gasteiger partial charge in [-0.2, -0.15) is 0 Å². The number of carbonyl (C=O) groups is 3. The fourth-order valence-corrected chi connectivity index (χ4v) is 10.1. The Kier molecular flexibility index (Phi) is 13.0. The SMILES string of the molecule is CO[C@@]1(C)C[C@@H](C)C2NCN(CCCc3ccnc4ccccc34)N3C(=O)O[C@@](C)(C3[C@H]2C)[C@@H](C)OC(=O)[C@H](C)C(=O)[C@H](C)[C@H]1OC1O[C@H](C)C[C@H](N(C)C)[C@H]1O. The fraction of sp³-hybridized carbons (Fsp3) is 0.721. The number of likely N-dealkylation sites (N-methyl/N-ethyl adjacent to an activating group) is 1. The van der Waals surface area contributed by atoms with Crippen molar-refractivity contribution < 1.29 is 43.2 Å². The predicted octanol–water partition coefficient (Wildman–Crippen LogP) is 4.56. The van der Waals surface area contributed by atoms with E-state index < -0.39 is 65.7 Å². The first-order valence-electron chi connectivity index (χ1n) is 20.7. The second-order valence-corrected chi connectivity index (χ2v) is 17.7. The lowest BCUT2D eigenvalue weighted by Gasteiger charge is -2.48. The Hall–Kier alpha value is -3.24. The largest absolute Gasteiger partial charge is 0.458 e. The van der Waals surface area contributed by atoms with E-state index in [4.69, 9.17) is 23.7 Å². The van der Waals surface area contributed by atoms with E-state index in [9.17, 15) is 19.5 Å². The number of cyclic esters (lactones) is 1. The minimum Gasteiger partial charge on any atom is -0.458 e. The Morgan fingerprint density at radius 1 is 1.05 bits per heavy atom. The molecule has 1 aromatic heterocycles. The van der Waals surface area contributed by atoms with Gasteiger partial charge in [0.1, 0.15) is 18.1 Å². The van der Waals surface area contributed by atoms with Gasteiger partial charge in [0.05, 0.1) is 36.0 Å². The van der Waals surface area contributed by atoms with Gasteiger partial charge in [0.15, 0.2) is 17.7 Å². The summed E-state index contributed by atoms with van der Waals surface area (Å²) >= 11 is 0. The van der Waals surface area contributed by atoms with Crippen LogP contribution >= 0.6 is 0 Å². The number of hydrogen-bond acceptors (Lipinski definition) is 13. The normalized spacial score (nSPS) is 39.8. The summed E-state index contributed by atoms with van der Waals surface area (Å²) in [5.41, 5.74) is -0.192. The zero-order chi connectivity index (χ0) is 41.6. The van der Waals surface area contributed by atoms with E-state index >= 15 is 0 Å². The van der Waals surface area contributed by atoms with Crippen molar-refractivity contribution in [1.82, 2.24) is 25.2 Å². The number of Topliss-reactive ketones (excluding diaryl/α,β-unsaturated/α-hetero) is 1. The molecule has 1 amide bonds. The average Bonchev–Trinajstić information content (AvgIpc) is 3.35. The molecular weight excluding hydrogens is 730 g/mol. The Morgan fingerprint density at radius 3 is 2.47 bits per heavy atom. The van der Waals surface area contributed by atoms with Crippen LogP contribution in [0.4, 0.5) is 4.79 Å². The Morgan fingerprint density at radius 2 is 1.77 bits per heavy atom. The molecule has 14 heteroatoms. The molecule has 14 nitrogen and oxygen atoms in total. The molecule has 2 N–H and O–H groups in total. The van der Waals surface area contributed by atoms with Gasteiger partial charge < -0.3 is 33.7 Å². The van der Waals surface area contributed by atoms with Crippen LogP contribution in [0.2, 0.25) is 0 Å². The molecule has 3 unspecified atom stereocenters. The van der Waals surface area contributed by atoms with Gasteiger partial charge in [0.25, 0.3) is 0 Å². The van der Waals surface area contributed by atoms with E-state index in [1.165, 1.54) is 12.5 Å². The number of benzene rings is 1. The van der Waals surface area contributed by atoms with Gasteiger partial charge >= 0.3 is 12.1 Å². The van der Waals surface area contributed by atoms with Crippen LogP contribution in [-0.4, -0.2) is 137 Å². The zero-order valence-corrected chi connectivity index (χ0v) is 35.6. The minimum atomic E-state index is -1.24. The number of ether oxygens (including phenoxy) is 5. The number of aliphatic hydroxyl groups excluding tert-OH is 1. The summed E-state index contributed by atoms with van der Waals surface area (Å²) < 4.78 is 31.7. The molecule has 14 atom stereocenters. The number of rotatable bonds is 8. The summed E-state index contributed by atoms with van der Waals surface area (Å²) in [5.74, 6) is -3.42. The molecule has 316 valence electrons. The van der Waals surface area contributed by atoms with E-state index in [-0.39, 0.29) is 35.8 Å². The van der Waals surface area contributed by atoms with Crippen molar-refractivity contribution in [3.63, 3.8) is 0 Å². The number of ketones is 1. The van der Waals surface area contributed by atoms with Gasteiger partial charge in [0, 0.05) is 43.2 Å². The van der Waals surface area contributed by atoms with E-state index in [1.807, 2.05) is 75.2 Å². The average molecular weight is 796 g/mol. The second-order valence-electron chi connectivity index (χ2n) is 17.7. The monoisotopic (exact) mass is 795 g/mol. The van der Waals surface area contributed by atoms with Crippen molar-refractivity contribution in [2.75, 3.05) is 34.4 Å². The number of aromatic nitrogens is 1. The number of fused-ring (bicyclic) bond motifs is 2. The number of methoxy groups -OCH3 is 1. The lowest BCUT2D eigenvalue weighted by molar-refractivity contribution is -0.295. The Bertz CT molecular complexity index is 1760. The van der Waals surface area contributed by atoms with Crippen LogP contribution in [0, 0.1) is 23.7 Å². The molecule has 4 aliphatic rings. The number of pyridine rings is 1. The number of esters is 1. The molecule has 2 bridgehead atoms. The number of carbonyl (C=O) groups excluding carboxylic acids is 3. The maximum Gasteiger partial charge on any atom is 0.425 e. The number of para-hydroxylation sites is 1. The van der Waals surface area contributed by atoms with E-state index in [2.05, 4.69) is 30.2 Å². The fourth-order valence-electron chi connectivity index (χ4n) is 10.1. The summed E-state index contributed by atoms with van der Waals surface area (Å²) in [7, 11) is 5.42.